The molecular formula is C21H22N2O3S. The Morgan fingerprint density at radius 3 is 2.44 bits per heavy atom. The van der Waals surface area contributed by atoms with Crippen LogP contribution in [0, 0.1) is 0 Å². The van der Waals surface area contributed by atoms with Crippen molar-refractivity contribution in [3.05, 3.63) is 48.0 Å². The van der Waals surface area contributed by atoms with Crippen molar-refractivity contribution < 1.29 is 14.0 Å². The highest BCUT2D eigenvalue weighted by Crippen LogP contribution is 2.30. The van der Waals surface area contributed by atoms with Crippen LogP contribution < -0.4 is 0 Å². The van der Waals surface area contributed by atoms with E-state index in [2.05, 4.69) is 18.2 Å². The average molecular weight is 382 g/mol. The lowest BCUT2D eigenvalue weighted by atomic mass is 10.1. The van der Waals surface area contributed by atoms with E-state index in [9.17, 15) is 9.59 Å². The van der Waals surface area contributed by atoms with Crippen molar-refractivity contribution in [1.82, 2.24) is 9.80 Å². The summed E-state index contributed by atoms with van der Waals surface area (Å²) < 4.78 is 5.86. The first-order valence-electron chi connectivity index (χ1n) is 9.13. The number of hydrogen-bond donors (Lipinski definition) is 0. The van der Waals surface area contributed by atoms with Crippen molar-refractivity contribution in [1.29, 1.82) is 0 Å². The fourth-order valence-electron chi connectivity index (χ4n) is 3.48. The van der Waals surface area contributed by atoms with Gasteiger partial charge in [0.2, 0.25) is 11.8 Å². The Balaban J connectivity index is 1.34. The molecule has 0 atom stereocenters. The van der Waals surface area contributed by atoms with E-state index in [-0.39, 0.29) is 11.8 Å². The van der Waals surface area contributed by atoms with Crippen molar-refractivity contribution in [2.45, 2.75) is 12.7 Å². The third-order valence-electron chi connectivity index (χ3n) is 5.01. The van der Waals surface area contributed by atoms with Crippen molar-refractivity contribution >= 4 is 45.5 Å². The summed E-state index contributed by atoms with van der Waals surface area (Å²) in [5.41, 5.74) is 2.98. The van der Waals surface area contributed by atoms with Crippen LogP contribution in [-0.4, -0.2) is 53.5 Å². The van der Waals surface area contributed by atoms with Crippen molar-refractivity contribution in [3.8, 4) is 0 Å². The van der Waals surface area contributed by atoms with Gasteiger partial charge in [-0.05, 0) is 23.8 Å². The van der Waals surface area contributed by atoms with Crippen molar-refractivity contribution in [2.24, 2.45) is 0 Å². The number of carbonyl (C=O) groups excluding carboxylic acids is 2. The first-order chi connectivity index (χ1) is 13.1. The molecule has 1 aliphatic rings. The van der Waals surface area contributed by atoms with E-state index in [0.717, 1.165) is 27.7 Å². The van der Waals surface area contributed by atoms with Gasteiger partial charge in [0.15, 0.2) is 0 Å². The zero-order valence-electron chi connectivity index (χ0n) is 15.3. The summed E-state index contributed by atoms with van der Waals surface area (Å²) in [6, 6.07) is 14.3. The largest absolute Gasteiger partial charge is 0.456 e. The molecule has 2 amide bonds. The van der Waals surface area contributed by atoms with Crippen LogP contribution in [0.5, 0.6) is 0 Å². The Hall–Kier alpha value is -2.47. The molecule has 1 fully saturated rings. The third-order valence-corrected chi connectivity index (χ3v) is 6.00. The first-order valence-corrected chi connectivity index (χ1v) is 10.3. The second kappa shape index (κ2) is 7.64. The Morgan fingerprint density at radius 1 is 0.963 bits per heavy atom. The van der Waals surface area contributed by atoms with Gasteiger partial charge >= 0.3 is 0 Å². The minimum absolute atomic E-state index is 0.0821. The fourth-order valence-corrected chi connectivity index (χ4v) is 4.36. The molecular weight excluding hydrogens is 360 g/mol. The highest BCUT2D eigenvalue weighted by Gasteiger charge is 2.22. The number of thioether (sulfide) groups is 1. The van der Waals surface area contributed by atoms with E-state index >= 15 is 0 Å². The monoisotopic (exact) mass is 382 g/mol. The predicted octanol–water partition coefficient (Wildman–Crippen LogP) is 3.51. The molecule has 0 unspecified atom stereocenters. The van der Waals surface area contributed by atoms with Gasteiger partial charge in [0.1, 0.15) is 11.2 Å². The lowest BCUT2D eigenvalue weighted by Gasteiger charge is -2.34. The molecule has 27 heavy (non-hydrogen) atoms. The molecule has 0 N–H and O–H groups in total. The number of rotatable bonds is 4. The normalized spacial score (nSPS) is 14.9. The number of hydrogen-bond acceptors (Lipinski definition) is 4. The first kappa shape index (κ1) is 17.9. The smallest absolute Gasteiger partial charge is 0.232 e. The van der Waals surface area contributed by atoms with Crippen LogP contribution in [-0.2, 0) is 15.3 Å². The van der Waals surface area contributed by atoms with E-state index in [4.69, 9.17) is 4.42 Å². The molecule has 4 rings (SSSR count). The number of benzene rings is 2. The molecule has 2 aromatic carbocycles. The average Bonchev–Trinajstić information content (AvgIpc) is 3.06. The molecule has 0 bridgehead atoms. The molecule has 1 aliphatic heterocycles. The third kappa shape index (κ3) is 3.81. The van der Waals surface area contributed by atoms with Crippen LogP contribution in [0.4, 0.5) is 0 Å². The zero-order chi connectivity index (χ0) is 18.8. The van der Waals surface area contributed by atoms with Gasteiger partial charge in [0, 0.05) is 49.6 Å². The lowest BCUT2D eigenvalue weighted by molar-refractivity contribution is -0.136. The number of fused-ring (bicyclic) bond motifs is 3. The summed E-state index contributed by atoms with van der Waals surface area (Å²) in [5, 5.41) is 2.24. The van der Waals surface area contributed by atoms with Gasteiger partial charge in [-0.2, -0.15) is 0 Å². The number of piperazine rings is 1. The maximum Gasteiger partial charge on any atom is 0.232 e. The van der Waals surface area contributed by atoms with Crippen LogP contribution in [0.25, 0.3) is 21.9 Å². The molecule has 0 saturated carbocycles. The highest BCUT2D eigenvalue weighted by molar-refractivity contribution is 7.99. The molecule has 1 aromatic heterocycles. The maximum absolute atomic E-state index is 12.4. The molecule has 0 radical (unpaired) electrons. The minimum atomic E-state index is 0.0821. The lowest BCUT2D eigenvalue weighted by Crippen LogP contribution is -2.50. The molecule has 2 heterocycles. The minimum Gasteiger partial charge on any atom is -0.456 e. The SMILES string of the molecule is CC(=O)N1CCN(C(=O)CSCc2ccc3oc4ccccc4c3c2)CC1. The van der Waals surface area contributed by atoms with Gasteiger partial charge in [-0.1, -0.05) is 24.3 Å². The Labute approximate surface area is 162 Å². The van der Waals surface area contributed by atoms with E-state index in [0.29, 0.717) is 31.9 Å². The van der Waals surface area contributed by atoms with E-state index in [1.165, 1.54) is 5.56 Å². The highest BCUT2D eigenvalue weighted by atomic mass is 32.2. The summed E-state index contributed by atoms with van der Waals surface area (Å²) in [4.78, 5) is 27.4. The topological polar surface area (TPSA) is 53.8 Å². The standard InChI is InChI=1S/C21H22N2O3S/c1-15(24)22-8-10-23(11-9-22)21(25)14-27-13-16-6-7-20-18(12-16)17-4-2-3-5-19(17)26-20/h2-7,12H,8-11,13-14H2,1H3. The summed E-state index contributed by atoms with van der Waals surface area (Å²) in [6.45, 7) is 4.11. The second-order valence-electron chi connectivity index (χ2n) is 6.81. The van der Waals surface area contributed by atoms with E-state index in [1.807, 2.05) is 29.2 Å². The van der Waals surface area contributed by atoms with Crippen molar-refractivity contribution in [3.63, 3.8) is 0 Å². The Morgan fingerprint density at radius 2 is 1.67 bits per heavy atom. The Bertz CT molecular complexity index is 989. The Kier molecular flexibility index (Phi) is 5.07. The predicted molar refractivity (Wildman–Crippen MR) is 109 cm³/mol. The van der Waals surface area contributed by atoms with Crippen LogP contribution in [0.3, 0.4) is 0 Å². The molecule has 140 valence electrons. The van der Waals surface area contributed by atoms with Gasteiger partial charge in [0.05, 0.1) is 5.75 Å². The van der Waals surface area contributed by atoms with Gasteiger partial charge < -0.3 is 14.2 Å². The van der Waals surface area contributed by atoms with Crippen LogP contribution in [0.1, 0.15) is 12.5 Å². The zero-order valence-corrected chi connectivity index (χ0v) is 16.1. The number of nitrogens with zero attached hydrogens (tertiary/aromatic N) is 2. The number of para-hydroxylation sites is 1. The molecule has 6 heteroatoms. The van der Waals surface area contributed by atoms with E-state index < -0.39 is 0 Å². The number of carbonyl (C=O) groups is 2. The quantitative estimate of drug-likeness (QED) is 0.693. The molecule has 0 spiro atoms. The fraction of sp³-hybridized carbons (Fsp3) is 0.333. The summed E-state index contributed by atoms with van der Waals surface area (Å²) in [5.74, 6) is 1.48. The van der Waals surface area contributed by atoms with Crippen LogP contribution in [0.2, 0.25) is 0 Å². The maximum atomic E-state index is 12.4. The van der Waals surface area contributed by atoms with Gasteiger partial charge in [0.25, 0.3) is 0 Å². The van der Waals surface area contributed by atoms with E-state index in [1.54, 1.807) is 23.6 Å². The number of furan rings is 1. The summed E-state index contributed by atoms with van der Waals surface area (Å²) in [6.07, 6.45) is 0. The summed E-state index contributed by atoms with van der Waals surface area (Å²) >= 11 is 1.63. The van der Waals surface area contributed by atoms with Gasteiger partial charge in [-0.15, -0.1) is 11.8 Å². The van der Waals surface area contributed by atoms with Crippen molar-refractivity contribution in [2.75, 3.05) is 31.9 Å². The molecule has 1 saturated heterocycles. The second-order valence-corrected chi connectivity index (χ2v) is 7.79. The van der Waals surface area contributed by atoms with Gasteiger partial charge in [-0.3, -0.25) is 9.59 Å². The molecule has 5 nitrogen and oxygen atoms in total. The summed E-state index contributed by atoms with van der Waals surface area (Å²) in [7, 11) is 0. The molecule has 0 aliphatic carbocycles. The molecule has 3 aromatic rings. The van der Waals surface area contributed by atoms with Crippen LogP contribution in [0.15, 0.2) is 46.9 Å². The van der Waals surface area contributed by atoms with Gasteiger partial charge in [-0.25, -0.2) is 0 Å². The van der Waals surface area contributed by atoms with Crippen LogP contribution >= 0.6 is 11.8 Å². The number of amides is 2.